The van der Waals surface area contributed by atoms with Crippen LogP contribution in [0.15, 0.2) is 0 Å². The van der Waals surface area contributed by atoms with Gasteiger partial charge in [-0.1, -0.05) is 8.67 Å². The summed E-state index contributed by atoms with van der Waals surface area (Å²) in [5.41, 5.74) is 0. The van der Waals surface area contributed by atoms with E-state index in [0.717, 1.165) is 9.66 Å². The second-order valence-electron chi connectivity index (χ2n) is 1.35. The van der Waals surface area contributed by atoms with Crippen molar-refractivity contribution in [3.8, 4) is 0 Å². The molecule has 0 saturated carbocycles. The molecule has 0 aromatic heterocycles. The van der Waals surface area contributed by atoms with Crippen molar-refractivity contribution in [3.05, 3.63) is 0 Å². The topological polar surface area (TPSA) is 172 Å². The van der Waals surface area contributed by atoms with Crippen LogP contribution in [-0.2, 0) is 34.3 Å². The van der Waals surface area contributed by atoms with E-state index in [1.54, 1.807) is 0 Å². The van der Waals surface area contributed by atoms with E-state index in [9.17, 15) is 16.8 Å². The standard InChI is InChI=1S/H6N4O7S2/c1-3-12(5,6)10-9-11-13(7,8)4-2/h3-4H,1-2H2. The third-order valence-corrected chi connectivity index (χ3v) is 1.57. The third kappa shape index (κ3) is 5.80. The molecule has 0 bridgehead atoms. The minimum atomic E-state index is -4.40. The molecule has 0 amide bonds. The Bertz CT molecular complexity index is 292. The minimum Gasteiger partial charge on any atom is -0.256 e. The molecule has 0 aliphatic carbocycles. The predicted octanol–water partition coefficient (Wildman–Crippen LogP) is -3.72. The Morgan fingerprint density at radius 3 is 1.38 bits per heavy atom. The zero-order chi connectivity index (χ0) is 10.5. The lowest BCUT2D eigenvalue weighted by Crippen LogP contribution is -2.35. The maximum atomic E-state index is 10.3. The van der Waals surface area contributed by atoms with Crippen LogP contribution in [-0.4, -0.2) is 16.8 Å². The summed E-state index contributed by atoms with van der Waals surface area (Å²) < 4.78 is 47.8. The van der Waals surface area contributed by atoms with E-state index in [4.69, 9.17) is 0 Å². The van der Waals surface area contributed by atoms with Crippen LogP contribution >= 0.6 is 0 Å². The van der Waals surface area contributed by atoms with Crippen LogP contribution in [0.1, 0.15) is 0 Å². The van der Waals surface area contributed by atoms with Crippen LogP contribution in [0.5, 0.6) is 0 Å². The Labute approximate surface area is 73.2 Å². The summed E-state index contributed by atoms with van der Waals surface area (Å²) in [4.78, 5) is 2.29. The van der Waals surface area contributed by atoms with Crippen molar-refractivity contribution in [2.75, 3.05) is 0 Å². The molecule has 0 atom stereocenters. The van der Waals surface area contributed by atoms with E-state index in [1.165, 1.54) is 0 Å². The van der Waals surface area contributed by atoms with Crippen LogP contribution in [0.4, 0.5) is 0 Å². The second-order valence-corrected chi connectivity index (χ2v) is 3.91. The van der Waals surface area contributed by atoms with Crippen LogP contribution in [0.2, 0.25) is 0 Å². The Balaban J connectivity index is 3.96. The molecular weight excluding hydrogens is 232 g/mol. The van der Waals surface area contributed by atoms with E-state index in [2.05, 4.69) is 25.4 Å². The average Bonchev–Trinajstić information content (AvgIpc) is 2.04. The Morgan fingerprint density at radius 1 is 0.846 bits per heavy atom. The zero-order valence-electron chi connectivity index (χ0n) is 5.83. The lowest BCUT2D eigenvalue weighted by atomic mass is 13.0. The molecule has 0 spiro atoms. The first-order valence-electron chi connectivity index (χ1n) is 2.32. The molecule has 0 aliphatic rings. The third-order valence-electron chi connectivity index (χ3n) is 0.523. The van der Waals surface area contributed by atoms with Gasteiger partial charge in [-0.05, 0) is 5.04 Å². The van der Waals surface area contributed by atoms with Gasteiger partial charge < -0.3 is 0 Å². The van der Waals surface area contributed by atoms with E-state index in [0.29, 0.717) is 0 Å². The molecule has 0 saturated heterocycles. The van der Waals surface area contributed by atoms with Gasteiger partial charge in [0.2, 0.25) is 0 Å². The molecule has 0 radical (unpaired) electrons. The Morgan fingerprint density at radius 2 is 1.15 bits per heavy atom. The van der Waals surface area contributed by atoms with E-state index < -0.39 is 20.6 Å². The van der Waals surface area contributed by atoms with Crippen molar-refractivity contribution in [2.45, 2.75) is 0 Å². The largest absolute Gasteiger partial charge is 0.377 e. The highest BCUT2D eigenvalue weighted by Crippen LogP contribution is 1.92. The summed E-state index contributed by atoms with van der Waals surface area (Å²) in [5.74, 6) is 8.80. The summed E-state index contributed by atoms with van der Waals surface area (Å²) in [6.07, 6.45) is 0. The summed E-state index contributed by atoms with van der Waals surface area (Å²) in [6, 6.07) is 0. The summed E-state index contributed by atoms with van der Waals surface area (Å²) in [6.45, 7) is 0. The maximum Gasteiger partial charge on any atom is 0.377 e. The fourth-order valence-corrected chi connectivity index (χ4v) is 0.439. The van der Waals surface area contributed by atoms with Crippen molar-refractivity contribution in [1.29, 1.82) is 0 Å². The van der Waals surface area contributed by atoms with Crippen LogP contribution in [0, 0.1) is 0 Å². The smallest absolute Gasteiger partial charge is 0.256 e. The second kappa shape index (κ2) is 4.74. The highest BCUT2D eigenvalue weighted by atomic mass is 32.2. The van der Waals surface area contributed by atoms with Crippen molar-refractivity contribution < 1.29 is 30.5 Å². The normalized spacial score (nSPS) is 13.1. The number of nitrogens with one attached hydrogen (secondary N) is 2. The van der Waals surface area contributed by atoms with Gasteiger partial charge in [-0.2, -0.15) is 16.8 Å². The lowest BCUT2D eigenvalue weighted by Gasteiger charge is -2.01. The molecule has 80 valence electrons. The number of nitrogens with two attached hydrogens (primary N) is 2. The molecule has 0 rings (SSSR count). The van der Waals surface area contributed by atoms with Gasteiger partial charge in [-0.3, -0.25) is 11.7 Å². The van der Waals surface area contributed by atoms with Crippen molar-refractivity contribution in [2.24, 2.45) is 11.7 Å². The van der Waals surface area contributed by atoms with E-state index >= 15 is 0 Å². The first-order chi connectivity index (χ1) is 5.83. The van der Waals surface area contributed by atoms with Crippen molar-refractivity contribution in [3.63, 3.8) is 0 Å². The molecule has 0 aromatic rings. The highest BCUT2D eigenvalue weighted by molar-refractivity contribution is 7.85. The molecule has 13 heteroatoms. The molecule has 0 unspecified atom stereocenters. The highest BCUT2D eigenvalue weighted by Gasteiger charge is 2.14. The number of rotatable bonds is 6. The number of hydrazine groups is 2. The number of hydrogen-bond donors (Lipinski definition) is 4. The molecule has 0 fully saturated rings. The van der Waals surface area contributed by atoms with Crippen LogP contribution in [0.25, 0.3) is 0 Å². The summed E-state index contributed by atoms with van der Waals surface area (Å²) in [7, 11) is -8.81. The van der Waals surface area contributed by atoms with Gasteiger partial charge in [0.1, 0.15) is 0 Å². The molecule has 0 aromatic carbocycles. The molecule has 13 heavy (non-hydrogen) atoms. The van der Waals surface area contributed by atoms with Gasteiger partial charge in [0.25, 0.3) is 0 Å². The maximum absolute atomic E-state index is 10.3. The fraction of sp³-hybridized carbons (Fsp3) is 0. The van der Waals surface area contributed by atoms with Gasteiger partial charge in [0.15, 0.2) is 0 Å². The minimum absolute atomic E-state index is 1.14. The SMILES string of the molecule is NNS(=O)(=O)OOOS(=O)(=O)NN. The van der Waals surface area contributed by atoms with Crippen LogP contribution < -0.4 is 21.3 Å². The van der Waals surface area contributed by atoms with Gasteiger partial charge in [0, 0.05) is 0 Å². The molecule has 0 aliphatic heterocycles. The fourth-order valence-electron chi connectivity index (χ4n) is 0.124. The molecule has 0 heterocycles. The average molecular weight is 238 g/mol. The van der Waals surface area contributed by atoms with Gasteiger partial charge in [-0.15, -0.1) is 9.66 Å². The number of hydrogen-bond acceptors (Lipinski definition) is 9. The summed E-state index contributed by atoms with van der Waals surface area (Å²) >= 11 is 0. The summed E-state index contributed by atoms with van der Waals surface area (Å²) in [5, 5.41) is 3.28. The van der Waals surface area contributed by atoms with Gasteiger partial charge in [-0.25, -0.2) is 0 Å². The van der Waals surface area contributed by atoms with E-state index in [-0.39, 0.29) is 0 Å². The quantitative estimate of drug-likeness (QED) is 0.206. The first kappa shape index (κ1) is 12.6. The van der Waals surface area contributed by atoms with Crippen LogP contribution in [0.3, 0.4) is 0 Å². The Kier molecular flexibility index (Phi) is 4.61. The molecule has 6 N–H and O–H groups in total. The monoisotopic (exact) mass is 238 g/mol. The molecule has 11 nitrogen and oxygen atoms in total. The Hall–Kier alpha value is -0.380. The van der Waals surface area contributed by atoms with Gasteiger partial charge >= 0.3 is 20.6 Å². The zero-order valence-corrected chi connectivity index (χ0v) is 7.46. The van der Waals surface area contributed by atoms with Crippen molar-refractivity contribution in [1.82, 2.24) is 9.66 Å². The first-order valence-corrected chi connectivity index (χ1v) is 5.14. The predicted molar refractivity (Wildman–Crippen MR) is 35.7 cm³/mol. The molecular formula is H6N4O7S2. The van der Waals surface area contributed by atoms with Crippen molar-refractivity contribution >= 4 is 20.6 Å². The van der Waals surface area contributed by atoms with E-state index in [1.807, 2.05) is 0 Å². The van der Waals surface area contributed by atoms with Gasteiger partial charge in [0.05, 0.1) is 0 Å². The lowest BCUT2D eigenvalue weighted by molar-refractivity contribution is -0.408.